The van der Waals surface area contributed by atoms with Crippen LogP contribution in [0, 0.1) is 6.92 Å². The van der Waals surface area contributed by atoms with Gasteiger partial charge in [-0.1, -0.05) is 0 Å². The number of amides is 2. The van der Waals surface area contributed by atoms with Gasteiger partial charge in [0.25, 0.3) is 11.8 Å². The van der Waals surface area contributed by atoms with E-state index < -0.39 is 17.8 Å². The van der Waals surface area contributed by atoms with E-state index in [9.17, 15) is 19.5 Å². The standard InChI is InChI=1S/C13H8N2O4S/c1-6-5-20-10(13(18)19)9(6)15-11(16)7-3-2-4-14-8(7)12(15)17/h2-5H,1H3,(H,18,19). The number of aromatic nitrogens is 1. The van der Waals surface area contributed by atoms with Crippen molar-refractivity contribution in [2.24, 2.45) is 0 Å². The minimum Gasteiger partial charge on any atom is -0.477 e. The first-order valence-corrected chi connectivity index (χ1v) is 6.55. The number of carboxylic acid groups (broad SMARTS) is 1. The van der Waals surface area contributed by atoms with Gasteiger partial charge in [0.15, 0.2) is 0 Å². The van der Waals surface area contributed by atoms with Gasteiger partial charge < -0.3 is 5.11 Å². The Bertz CT molecular complexity index is 730. The van der Waals surface area contributed by atoms with Gasteiger partial charge in [0.2, 0.25) is 0 Å². The molecule has 0 atom stereocenters. The average Bonchev–Trinajstić information content (AvgIpc) is 2.91. The molecule has 0 unspecified atom stereocenters. The third-order valence-corrected chi connectivity index (χ3v) is 4.08. The molecular formula is C13H8N2O4S. The summed E-state index contributed by atoms with van der Waals surface area (Å²) in [7, 11) is 0. The van der Waals surface area contributed by atoms with E-state index in [1.54, 1.807) is 18.4 Å². The maximum Gasteiger partial charge on any atom is 0.348 e. The van der Waals surface area contributed by atoms with Crippen molar-refractivity contribution in [2.45, 2.75) is 6.92 Å². The smallest absolute Gasteiger partial charge is 0.348 e. The molecule has 2 amide bonds. The molecular weight excluding hydrogens is 280 g/mol. The van der Waals surface area contributed by atoms with Gasteiger partial charge in [0.1, 0.15) is 10.6 Å². The third-order valence-electron chi connectivity index (χ3n) is 3.01. The number of carbonyl (C=O) groups excluding carboxylic acids is 2. The molecule has 1 aliphatic rings. The first-order valence-electron chi connectivity index (χ1n) is 5.67. The molecule has 100 valence electrons. The highest BCUT2D eigenvalue weighted by atomic mass is 32.1. The van der Waals surface area contributed by atoms with Crippen molar-refractivity contribution in [3.8, 4) is 0 Å². The summed E-state index contributed by atoms with van der Waals surface area (Å²) in [5.41, 5.74) is 0.955. The Kier molecular flexibility index (Phi) is 2.65. The molecule has 7 heteroatoms. The van der Waals surface area contributed by atoms with Crippen molar-refractivity contribution < 1.29 is 19.5 Å². The van der Waals surface area contributed by atoms with Crippen LogP contribution in [0.3, 0.4) is 0 Å². The highest BCUT2D eigenvalue weighted by Crippen LogP contribution is 2.36. The van der Waals surface area contributed by atoms with Crippen LogP contribution >= 0.6 is 11.3 Å². The van der Waals surface area contributed by atoms with Crippen molar-refractivity contribution in [2.75, 3.05) is 4.90 Å². The number of carboxylic acids is 1. The molecule has 0 fully saturated rings. The van der Waals surface area contributed by atoms with E-state index in [2.05, 4.69) is 4.98 Å². The van der Waals surface area contributed by atoms with Crippen molar-refractivity contribution in [3.05, 3.63) is 45.4 Å². The molecule has 0 saturated heterocycles. The van der Waals surface area contributed by atoms with Crippen molar-refractivity contribution >= 4 is 34.8 Å². The summed E-state index contributed by atoms with van der Waals surface area (Å²) in [6.07, 6.45) is 1.42. The number of aryl methyl sites for hydroxylation is 1. The number of hydrogen-bond acceptors (Lipinski definition) is 5. The van der Waals surface area contributed by atoms with Crippen LogP contribution in [0.4, 0.5) is 5.69 Å². The Morgan fingerprint density at radius 1 is 1.35 bits per heavy atom. The molecule has 0 radical (unpaired) electrons. The number of aromatic carboxylic acids is 1. The minimum atomic E-state index is -1.16. The summed E-state index contributed by atoms with van der Waals surface area (Å²) in [5.74, 6) is -2.29. The van der Waals surface area contributed by atoms with Crippen LogP contribution in [-0.4, -0.2) is 27.9 Å². The van der Waals surface area contributed by atoms with Crippen LogP contribution in [0.5, 0.6) is 0 Å². The zero-order valence-corrected chi connectivity index (χ0v) is 11.1. The molecule has 1 aliphatic heterocycles. The second kappa shape index (κ2) is 4.24. The molecule has 2 aromatic rings. The number of hydrogen-bond donors (Lipinski definition) is 1. The third kappa shape index (κ3) is 1.56. The second-order valence-electron chi connectivity index (χ2n) is 4.25. The predicted octanol–water partition coefficient (Wildman–Crippen LogP) is 1.95. The van der Waals surface area contributed by atoms with E-state index in [4.69, 9.17) is 0 Å². The Morgan fingerprint density at radius 3 is 2.75 bits per heavy atom. The van der Waals surface area contributed by atoms with Gasteiger partial charge in [-0.15, -0.1) is 11.3 Å². The molecule has 3 rings (SSSR count). The Labute approximate surface area is 117 Å². The van der Waals surface area contributed by atoms with E-state index in [0.29, 0.717) is 5.56 Å². The number of nitrogens with zero attached hydrogens (tertiary/aromatic N) is 2. The van der Waals surface area contributed by atoms with E-state index in [0.717, 1.165) is 16.2 Å². The number of carbonyl (C=O) groups is 3. The normalized spacial score (nSPS) is 13.8. The Hall–Kier alpha value is -2.54. The number of imide groups is 1. The summed E-state index contributed by atoms with van der Waals surface area (Å²) < 4.78 is 0. The highest BCUT2D eigenvalue weighted by molar-refractivity contribution is 7.12. The molecule has 1 N–H and O–H groups in total. The molecule has 0 bridgehead atoms. The van der Waals surface area contributed by atoms with Crippen LogP contribution in [0.15, 0.2) is 23.7 Å². The molecule has 0 spiro atoms. The fraction of sp³-hybridized carbons (Fsp3) is 0.0769. The van der Waals surface area contributed by atoms with Crippen LogP contribution in [0.2, 0.25) is 0 Å². The first kappa shape index (κ1) is 12.5. The van der Waals surface area contributed by atoms with Gasteiger partial charge >= 0.3 is 5.97 Å². The zero-order valence-electron chi connectivity index (χ0n) is 10.3. The van der Waals surface area contributed by atoms with Gasteiger partial charge in [0.05, 0.1) is 11.3 Å². The maximum absolute atomic E-state index is 12.3. The van der Waals surface area contributed by atoms with E-state index >= 15 is 0 Å². The van der Waals surface area contributed by atoms with Crippen LogP contribution in [0.25, 0.3) is 0 Å². The molecule has 2 aromatic heterocycles. The lowest BCUT2D eigenvalue weighted by Crippen LogP contribution is -2.31. The van der Waals surface area contributed by atoms with Crippen LogP contribution in [0.1, 0.15) is 36.1 Å². The lowest BCUT2D eigenvalue weighted by atomic mass is 10.2. The first-order chi connectivity index (χ1) is 9.52. The van der Waals surface area contributed by atoms with Gasteiger partial charge in [0, 0.05) is 6.20 Å². The summed E-state index contributed by atoms with van der Waals surface area (Å²) in [4.78, 5) is 40.6. The van der Waals surface area contributed by atoms with E-state index in [1.165, 1.54) is 12.3 Å². The summed E-state index contributed by atoms with van der Waals surface area (Å²) in [5, 5.41) is 10.8. The molecule has 0 aromatic carbocycles. The fourth-order valence-electron chi connectivity index (χ4n) is 2.14. The number of pyridine rings is 1. The van der Waals surface area contributed by atoms with Gasteiger partial charge in [-0.2, -0.15) is 0 Å². The number of rotatable bonds is 2. The summed E-state index contributed by atoms with van der Waals surface area (Å²) in [6, 6.07) is 3.07. The highest BCUT2D eigenvalue weighted by Gasteiger charge is 2.40. The quantitative estimate of drug-likeness (QED) is 0.853. The topological polar surface area (TPSA) is 87.6 Å². The Balaban J connectivity index is 2.19. The molecule has 20 heavy (non-hydrogen) atoms. The number of anilines is 1. The van der Waals surface area contributed by atoms with Crippen molar-refractivity contribution in [3.63, 3.8) is 0 Å². The van der Waals surface area contributed by atoms with Crippen molar-refractivity contribution in [1.29, 1.82) is 0 Å². The largest absolute Gasteiger partial charge is 0.477 e. The Morgan fingerprint density at radius 2 is 2.10 bits per heavy atom. The molecule has 3 heterocycles. The predicted molar refractivity (Wildman–Crippen MR) is 71.4 cm³/mol. The van der Waals surface area contributed by atoms with E-state index in [-0.39, 0.29) is 21.8 Å². The zero-order chi connectivity index (χ0) is 14.4. The van der Waals surface area contributed by atoms with Crippen molar-refractivity contribution in [1.82, 2.24) is 4.98 Å². The minimum absolute atomic E-state index is 0.0305. The summed E-state index contributed by atoms with van der Waals surface area (Å²) >= 11 is 0.988. The number of fused-ring (bicyclic) bond motifs is 1. The molecule has 6 nitrogen and oxygen atoms in total. The SMILES string of the molecule is Cc1csc(C(=O)O)c1N1C(=O)c2cccnc2C1=O. The molecule has 0 aliphatic carbocycles. The van der Waals surface area contributed by atoms with Crippen LogP contribution < -0.4 is 4.90 Å². The van der Waals surface area contributed by atoms with E-state index in [1.807, 2.05) is 0 Å². The second-order valence-corrected chi connectivity index (χ2v) is 5.13. The summed E-state index contributed by atoms with van der Waals surface area (Å²) in [6.45, 7) is 1.66. The van der Waals surface area contributed by atoms with Crippen LogP contribution in [-0.2, 0) is 0 Å². The average molecular weight is 288 g/mol. The molecule has 0 saturated carbocycles. The van der Waals surface area contributed by atoms with Gasteiger partial charge in [-0.05, 0) is 30.0 Å². The lowest BCUT2D eigenvalue weighted by Gasteiger charge is -2.14. The maximum atomic E-state index is 12.3. The van der Waals surface area contributed by atoms with Gasteiger partial charge in [-0.3, -0.25) is 14.6 Å². The fourth-order valence-corrected chi connectivity index (χ4v) is 3.01. The lowest BCUT2D eigenvalue weighted by molar-refractivity contribution is 0.0703. The monoisotopic (exact) mass is 288 g/mol. The van der Waals surface area contributed by atoms with Gasteiger partial charge in [-0.25, -0.2) is 9.69 Å². The number of thiophene rings is 1.